The first kappa shape index (κ1) is 15.0. The summed E-state index contributed by atoms with van der Waals surface area (Å²) in [6, 6.07) is 8.06. The smallest absolute Gasteiger partial charge is 0.119 e. The van der Waals surface area contributed by atoms with Gasteiger partial charge in [-0.25, -0.2) is 0 Å². The first-order valence-corrected chi connectivity index (χ1v) is 6.39. The first-order chi connectivity index (χ1) is 8.86. The summed E-state index contributed by atoms with van der Waals surface area (Å²) >= 11 is 0. The zero-order chi connectivity index (χ0) is 13.1. The predicted molar refractivity (Wildman–Crippen MR) is 71.8 cm³/mol. The van der Waals surface area contributed by atoms with Gasteiger partial charge in [0, 0.05) is 26.8 Å². The second-order valence-electron chi connectivity index (χ2n) is 4.10. The largest absolute Gasteiger partial charge is 0.494 e. The number of hydrogen-bond acceptors (Lipinski definition) is 4. The number of ether oxygens (including phenoxy) is 2. The van der Waals surface area contributed by atoms with Gasteiger partial charge in [-0.15, -0.1) is 0 Å². The van der Waals surface area contributed by atoms with Crippen LogP contribution in [0.1, 0.15) is 18.4 Å². The molecule has 0 saturated heterocycles. The summed E-state index contributed by atoms with van der Waals surface area (Å²) in [5.41, 5.74) is 1.20. The molecule has 0 aliphatic rings. The number of aliphatic hydroxyl groups is 1. The van der Waals surface area contributed by atoms with Crippen molar-refractivity contribution in [3.8, 4) is 5.75 Å². The van der Waals surface area contributed by atoms with E-state index in [9.17, 15) is 0 Å². The van der Waals surface area contributed by atoms with Gasteiger partial charge in [0.1, 0.15) is 5.75 Å². The van der Waals surface area contributed by atoms with Gasteiger partial charge >= 0.3 is 0 Å². The fraction of sp³-hybridized carbons (Fsp3) is 0.571. The maximum Gasteiger partial charge on any atom is 0.119 e. The standard InChI is InChI=1S/C14H23NO3/c1-17-10-7-15-12-13-5-4-6-14(11-13)18-9-3-2-8-16/h4-6,11,15-16H,2-3,7-10,12H2,1H3. The monoisotopic (exact) mass is 253 g/mol. The van der Waals surface area contributed by atoms with Gasteiger partial charge in [0.15, 0.2) is 0 Å². The van der Waals surface area contributed by atoms with Gasteiger partial charge in [-0.1, -0.05) is 12.1 Å². The van der Waals surface area contributed by atoms with Crippen LogP contribution in [0.5, 0.6) is 5.75 Å². The van der Waals surface area contributed by atoms with Crippen molar-refractivity contribution < 1.29 is 14.6 Å². The number of unbranched alkanes of at least 4 members (excludes halogenated alkanes) is 1. The van der Waals surface area contributed by atoms with Crippen molar-refractivity contribution in [2.45, 2.75) is 19.4 Å². The molecule has 0 aliphatic carbocycles. The Kier molecular flexibility index (Phi) is 8.21. The van der Waals surface area contributed by atoms with Crippen LogP contribution in [-0.4, -0.2) is 38.6 Å². The zero-order valence-electron chi connectivity index (χ0n) is 11.0. The van der Waals surface area contributed by atoms with Gasteiger partial charge in [-0.05, 0) is 30.5 Å². The lowest BCUT2D eigenvalue weighted by atomic mass is 10.2. The Bertz CT molecular complexity index is 290. The minimum atomic E-state index is 0.229. The molecule has 1 aromatic rings. The summed E-state index contributed by atoms with van der Waals surface area (Å²) in [5, 5.41) is 12.0. The van der Waals surface area contributed by atoms with Crippen LogP contribution in [-0.2, 0) is 11.3 Å². The molecule has 4 nitrogen and oxygen atoms in total. The van der Waals surface area contributed by atoms with Crippen molar-refractivity contribution in [3.63, 3.8) is 0 Å². The highest BCUT2D eigenvalue weighted by Crippen LogP contribution is 2.13. The van der Waals surface area contributed by atoms with Gasteiger partial charge in [0.25, 0.3) is 0 Å². The Balaban J connectivity index is 2.27. The first-order valence-electron chi connectivity index (χ1n) is 6.39. The third-order valence-corrected chi connectivity index (χ3v) is 2.53. The van der Waals surface area contributed by atoms with Gasteiger partial charge < -0.3 is 19.9 Å². The third-order valence-electron chi connectivity index (χ3n) is 2.53. The van der Waals surface area contributed by atoms with Crippen LogP contribution in [0.4, 0.5) is 0 Å². The number of nitrogens with one attached hydrogen (secondary N) is 1. The highest BCUT2D eigenvalue weighted by Gasteiger charge is 1.97. The quantitative estimate of drug-likeness (QED) is 0.622. The topological polar surface area (TPSA) is 50.7 Å². The molecule has 1 aromatic carbocycles. The van der Waals surface area contributed by atoms with Crippen molar-refractivity contribution in [3.05, 3.63) is 29.8 Å². The van der Waals surface area contributed by atoms with Crippen LogP contribution in [0, 0.1) is 0 Å². The van der Waals surface area contributed by atoms with Crippen molar-refractivity contribution in [1.29, 1.82) is 0 Å². The van der Waals surface area contributed by atoms with Gasteiger partial charge in [0.2, 0.25) is 0 Å². The molecule has 0 heterocycles. The second-order valence-corrected chi connectivity index (χ2v) is 4.10. The van der Waals surface area contributed by atoms with Crippen molar-refractivity contribution in [2.75, 3.05) is 33.5 Å². The molecule has 0 atom stereocenters. The Morgan fingerprint density at radius 2 is 2.11 bits per heavy atom. The van der Waals surface area contributed by atoms with Crippen LogP contribution in [0.15, 0.2) is 24.3 Å². The van der Waals surface area contributed by atoms with E-state index in [1.165, 1.54) is 5.56 Å². The average molecular weight is 253 g/mol. The second kappa shape index (κ2) is 9.88. The Labute approximate surface area is 109 Å². The van der Waals surface area contributed by atoms with E-state index in [1.807, 2.05) is 18.2 Å². The van der Waals surface area contributed by atoms with E-state index >= 15 is 0 Å². The number of rotatable bonds is 10. The van der Waals surface area contributed by atoms with E-state index in [0.29, 0.717) is 6.61 Å². The third kappa shape index (κ3) is 6.59. The molecule has 0 aliphatic heterocycles. The molecule has 4 heteroatoms. The number of hydrogen-bond donors (Lipinski definition) is 2. The normalized spacial score (nSPS) is 10.6. The number of benzene rings is 1. The summed E-state index contributed by atoms with van der Waals surface area (Å²) in [4.78, 5) is 0. The Morgan fingerprint density at radius 1 is 1.22 bits per heavy atom. The van der Waals surface area contributed by atoms with E-state index < -0.39 is 0 Å². The van der Waals surface area contributed by atoms with Gasteiger partial charge in [0.05, 0.1) is 13.2 Å². The molecule has 0 saturated carbocycles. The number of aliphatic hydroxyl groups excluding tert-OH is 1. The van der Waals surface area contributed by atoms with Crippen LogP contribution in [0.3, 0.4) is 0 Å². The highest BCUT2D eigenvalue weighted by atomic mass is 16.5. The molecular formula is C14H23NO3. The average Bonchev–Trinajstić information content (AvgIpc) is 2.40. The molecule has 0 amide bonds. The minimum absolute atomic E-state index is 0.229. The van der Waals surface area contributed by atoms with E-state index in [1.54, 1.807) is 7.11 Å². The zero-order valence-corrected chi connectivity index (χ0v) is 11.0. The van der Waals surface area contributed by atoms with Crippen LogP contribution in [0.25, 0.3) is 0 Å². The molecule has 2 N–H and O–H groups in total. The minimum Gasteiger partial charge on any atom is -0.494 e. The maximum atomic E-state index is 8.67. The lowest BCUT2D eigenvalue weighted by Gasteiger charge is -2.08. The lowest BCUT2D eigenvalue weighted by Crippen LogP contribution is -2.18. The molecular weight excluding hydrogens is 230 g/mol. The lowest BCUT2D eigenvalue weighted by molar-refractivity contribution is 0.199. The van der Waals surface area contributed by atoms with Gasteiger partial charge in [-0.2, -0.15) is 0 Å². The molecule has 0 radical (unpaired) electrons. The molecule has 1 rings (SSSR count). The molecule has 0 spiro atoms. The highest BCUT2D eigenvalue weighted by molar-refractivity contribution is 5.28. The fourth-order valence-corrected chi connectivity index (χ4v) is 1.56. The van der Waals surface area contributed by atoms with Crippen LogP contribution < -0.4 is 10.1 Å². The maximum absolute atomic E-state index is 8.67. The summed E-state index contributed by atoms with van der Waals surface area (Å²) in [6.45, 7) is 3.26. The molecule has 102 valence electrons. The predicted octanol–water partition coefficient (Wildman–Crippen LogP) is 1.57. The van der Waals surface area contributed by atoms with E-state index in [2.05, 4.69) is 11.4 Å². The van der Waals surface area contributed by atoms with E-state index in [-0.39, 0.29) is 6.61 Å². The van der Waals surface area contributed by atoms with Crippen molar-refractivity contribution >= 4 is 0 Å². The Morgan fingerprint density at radius 3 is 2.89 bits per heavy atom. The molecule has 0 bridgehead atoms. The Hall–Kier alpha value is -1.10. The SMILES string of the molecule is COCCNCc1cccc(OCCCCO)c1. The molecule has 0 fully saturated rings. The number of methoxy groups -OCH3 is 1. The van der Waals surface area contributed by atoms with E-state index in [4.69, 9.17) is 14.6 Å². The molecule has 0 aromatic heterocycles. The van der Waals surface area contributed by atoms with Gasteiger partial charge in [-0.3, -0.25) is 0 Å². The van der Waals surface area contributed by atoms with Crippen molar-refractivity contribution in [2.24, 2.45) is 0 Å². The fourth-order valence-electron chi connectivity index (χ4n) is 1.56. The molecule has 18 heavy (non-hydrogen) atoms. The van der Waals surface area contributed by atoms with E-state index in [0.717, 1.165) is 38.3 Å². The summed E-state index contributed by atoms with van der Waals surface area (Å²) in [5.74, 6) is 0.888. The van der Waals surface area contributed by atoms with Crippen molar-refractivity contribution in [1.82, 2.24) is 5.32 Å². The molecule has 0 unspecified atom stereocenters. The summed E-state index contributed by atoms with van der Waals surface area (Å²) < 4.78 is 10.6. The van der Waals surface area contributed by atoms with Crippen LogP contribution >= 0.6 is 0 Å². The van der Waals surface area contributed by atoms with Crippen LogP contribution in [0.2, 0.25) is 0 Å². The summed E-state index contributed by atoms with van der Waals surface area (Å²) in [6.07, 6.45) is 1.67. The summed E-state index contributed by atoms with van der Waals surface area (Å²) in [7, 11) is 1.70.